The molecule has 0 aromatic heterocycles. The summed E-state index contributed by atoms with van der Waals surface area (Å²) in [6, 6.07) is 0. The minimum Gasteiger partial charge on any atom is -0.408 e. The van der Waals surface area contributed by atoms with E-state index in [4.69, 9.17) is 0 Å². The Morgan fingerprint density at radius 2 is 0.524 bits per heavy atom. The van der Waals surface area contributed by atoms with E-state index in [0.717, 1.165) is 0 Å². The van der Waals surface area contributed by atoms with E-state index in [-0.39, 0.29) is 38.3 Å². The van der Waals surface area contributed by atoms with Gasteiger partial charge in [0.15, 0.2) is 0 Å². The Balaban J connectivity index is -0.0000000533. The minimum absolute atomic E-state index is 0. The van der Waals surface area contributed by atoms with Crippen LogP contribution in [0.3, 0.4) is 0 Å². The molecule has 0 saturated heterocycles. The summed E-state index contributed by atoms with van der Waals surface area (Å²) in [6.45, 7) is 0. The molecule has 0 unspecified atom stereocenters. The molecular weight excluding hydrogens is 585 g/mol. The number of nitrogens with zero attached hydrogens (tertiary/aromatic N) is 4. The fourth-order valence-corrected chi connectivity index (χ4v) is 0. The van der Waals surface area contributed by atoms with Crippen molar-refractivity contribution in [2.24, 2.45) is 17.5 Å². The molecule has 0 amide bonds. The molecule has 21 heavy (non-hydrogen) atoms. The Labute approximate surface area is 202 Å². The van der Waals surface area contributed by atoms with Gasteiger partial charge in [-0.2, -0.15) is 0 Å². The molecule has 4 nitrogen and oxygen atoms in total. The number of hydrogen-bond acceptors (Lipinski definition) is 12. The van der Waals surface area contributed by atoms with Crippen LogP contribution in [0.5, 0.6) is 0 Å². The van der Waals surface area contributed by atoms with E-state index in [9.17, 15) is 0 Å². The van der Waals surface area contributed by atoms with Crippen molar-refractivity contribution < 1.29 is 21.1 Å². The number of thiocarbonyl (C=S) groups is 4. The van der Waals surface area contributed by atoms with E-state index < -0.39 is 0 Å². The zero-order chi connectivity index (χ0) is 17.1. The first-order valence-corrected chi connectivity index (χ1v) is 7.98. The van der Waals surface area contributed by atoms with Crippen LogP contribution in [0.2, 0.25) is 0 Å². The van der Waals surface area contributed by atoms with Crippen LogP contribution in [0.1, 0.15) is 0 Å². The van der Waals surface area contributed by atoms with Gasteiger partial charge in [-0.1, -0.05) is 0 Å². The predicted molar refractivity (Wildman–Crippen MR) is 119 cm³/mol. The van der Waals surface area contributed by atoms with E-state index >= 15 is 0 Å². The van der Waals surface area contributed by atoms with Gasteiger partial charge in [0, 0.05) is 49.7 Å². The third kappa shape index (κ3) is 88.0. The van der Waals surface area contributed by atoms with Crippen LogP contribution in [0.4, 0.5) is 0 Å². The second-order valence-electron chi connectivity index (χ2n) is 1.43. The first-order chi connectivity index (χ1) is 9.08. The van der Waals surface area contributed by atoms with Gasteiger partial charge < -0.3 is 99.4 Å². The normalized spacial score (nSPS) is 6.10. The average Bonchev–Trinajstić information content (AvgIpc) is 2.40. The zero-order valence-electron chi connectivity index (χ0n) is 9.10. The Kier molecular flexibility index (Phi) is 49.0. The van der Waals surface area contributed by atoms with Crippen LogP contribution >= 0.6 is 48.9 Å². The molecule has 0 fully saturated rings. The summed E-state index contributed by atoms with van der Waals surface area (Å²) in [6.07, 6.45) is 0. The quantitative estimate of drug-likeness (QED) is 0.238. The third-order valence-corrected chi connectivity index (χ3v) is 2.68. The van der Waals surface area contributed by atoms with Crippen LogP contribution in [-0.4, -0.2) is 17.3 Å². The van der Waals surface area contributed by atoms with Gasteiger partial charge in [-0.15, -0.1) is 0 Å². The molecule has 0 N–H and O–H groups in total. The fourth-order valence-electron chi connectivity index (χ4n) is 0. The summed E-state index contributed by atoms with van der Waals surface area (Å²) in [5.74, 6) is 0. The van der Waals surface area contributed by atoms with Crippen LogP contribution in [0, 0.1) is 0 Å². The minimum atomic E-state index is 0. The summed E-state index contributed by atoms with van der Waals surface area (Å²) >= 11 is 50.1. The molecule has 0 rings (SSSR count). The van der Waals surface area contributed by atoms with Crippen molar-refractivity contribution in [1.82, 2.24) is 0 Å². The van der Waals surface area contributed by atoms with Crippen LogP contribution in [0.15, 0.2) is 17.5 Å². The molecule has 114 valence electrons. The fraction of sp³-hybridized carbons (Fsp3) is 0. The second kappa shape index (κ2) is 30.0. The molecule has 0 bridgehead atoms. The summed E-state index contributed by atoms with van der Waals surface area (Å²) in [5.41, 5.74) is 0. The van der Waals surface area contributed by atoms with Crippen molar-refractivity contribution in [3.05, 3.63) is 0 Å². The first kappa shape index (κ1) is 34.4. The van der Waals surface area contributed by atoms with Gasteiger partial charge in [0.05, 0.1) is 0 Å². The molecule has 0 heterocycles. The second-order valence-corrected chi connectivity index (χ2v) is 6.29. The molecule has 0 aromatic rings. The Morgan fingerprint density at radius 1 is 0.476 bits per heavy atom. The van der Waals surface area contributed by atoms with E-state index in [2.05, 4.69) is 167 Å². The number of hydrogen-bond donors (Lipinski definition) is 0. The molecule has 17 heteroatoms. The van der Waals surface area contributed by atoms with Crippen LogP contribution in [-0.2, 0) is 121 Å². The maximum atomic E-state index is 4.24. The molecular formula is C4MoN4S12. The van der Waals surface area contributed by atoms with Gasteiger partial charge in [0.25, 0.3) is 0 Å². The van der Waals surface area contributed by atoms with E-state index in [1.807, 2.05) is 0 Å². The largest absolute Gasteiger partial charge is 4.00 e. The van der Waals surface area contributed by atoms with Crippen LogP contribution in [0.25, 0.3) is 0 Å². The van der Waals surface area contributed by atoms with Gasteiger partial charge in [-0.05, 0) is 17.3 Å². The zero-order valence-corrected chi connectivity index (χ0v) is 20.9. The Hall–Kier alpha value is 2.01. The van der Waals surface area contributed by atoms with Gasteiger partial charge in [0.2, 0.25) is 0 Å². The average molecular weight is 585 g/mol. The molecule has 0 aliphatic carbocycles. The van der Waals surface area contributed by atoms with Gasteiger partial charge in [0.1, 0.15) is 0 Å². The number of rotatable bonds is 0. The van der Waals surface area contributed by atoms with Crippen molar-refractivity contribution in [3.63, 3.8) is 0 Å². The molecule has 0 saturated carbocycles. The summed E-state index contributed by atoms with van der Waals surface area (Å²) in [4.78, 5) is 0. The monoisotopic (exact) mass is 586 g/mol. The molecule has 0 radical (unpaired) electrons. The van der Waals surface area contributed by atoms with Gasteiger partial charge in [-0.25, -0.2) is 17.5 Å². The predicted octanol–water partition coefficient (Wildman–Crippen LogP) is 2.19. The van der Waals surface area contributed by atoms with Gasteiger partial charge in [-0.3, -0.25) is 0 Å². The van der Waals surface area contributed by atoms with E-state index in [0.29, 0.717) is 0 Å². The Bertz CT molecular complexity index is 309. The molecule has 0 atom stereocenters. The smallest absolute Gasteiger partial charge is 0.408 e. The summed E-state index contributed by atoms with van der Waals surface area (Å²) in [5, 5.41) is 0. The van der Waals surface area contributed by atoms with Crippen molar-refractivity contribution >= 4 is 166 Å². The van der Waals surface area contributed by atoms with Gasteiger partial charge >= 0.3 is 21.1 Å². The topological polar surface area (TPSA) is 49.4 Å². The molecule has 0 aromatic carbocycles. The van der Waals surface area contributed by atoms with Crippen molar-refractivity contribution in [2.45, 2.75) is 0 Å². The van der Waals surface area contributed by atoms with E-state index in [1.54, 1.807) is 0 Å². The summed E-state index contributed by atoms with van der Waals surface area (Å²) < 4.78 is 12.5. The summed E-state index contributed by atoms with van der Waals surface area (Å²) in [7, 11) is 0. The van der Waals surface area contributed by atoms with Crippen molar-refractivity contribution in [1.29, 1.82) is 0 Å². The van der Waals surface area contributed by atoms with Crippen LogP contribution < -0.4 is 0 Å². The van der Waals surface area contributed by atoms with Crippen molar-refractivity contribution in [2.75, 3.05) is 0 Å². The SMILES string of the molecule is S=NC(=S)[S-].S=NC(=S)[S-].S=NC(=S)[S-].S=NC(=S)[S-].[Mo+4]. The maximum Gasteiger partial charge on any atom is 4.00 e. The van der Waals surface area contributed by atoms with E-state index in [1.165, 1.54) is 0 Å². The first-order valence-electron chi connectivity index (χ1n) is 3.26. The maximum absolute atomic E-state index is 4.24. The Morgan fingerprint density at radius 3 is 0.524 bits per heavy atom. The van der Waals surface area contributed by atoms with Crippen molar-refractivity contribution in [3.8, 4) is 0 Å². The molecule has 0 spiro atoms. The standard InChI is InChI=1S/4CHNS3.Mo/c4*3-1(4)2-5;/h4*(H,3,4);/q;;;;+4/p-4. The third-order valence-electron chi connectivity index (χ3n) is 0.298. The molecule has 0 aliphatic rings. The molecule has 0 aliphatic heterocycles.